The molecule has 0 saturated heterocycles. The Morgan fingerprint density at radius 3 is 2.92 bits per heavy atom. The van der Waals surface area contributed by atoms with Crippen molar-refractivity contribution in [3.05, 3.63) is 35.0 Å². The van der Waals surface area contributed by atoms with Crippen molar-refractivity contribution in [2.24, 2.45) is 7.05 Å². The van der Waals surface area contributed by atoms with Crippen LogP contribution in [-0.4, -0.2) is 28.5 Å². The van der Waals surface area contributed by atoms with E-state index in [-0.39, 0.29) is 12.1 Å². The van der Waals surface area contributed by atoms with E-state index in [9.17, 15) is 4.79 Å². The first kappa shape index (κ1) is 17.1. The number of nitrogens with zero attached hydrogens (tertiary/aromatic N) is 2. The third kappa shape index (κ3) is 3.87. The molecule has 0 bridgehead atoms. The smallest absolute Gasteiger partial charge is 0.320 e. The number of aryl methyl sites for hydroxylation is 2. The maximum atomic E-state index is 12.2. The predicted molar refractivity (Wildman–Crippen MR) is 95.2 cm³/mol. The molecule has 3 rings (SSSR count). The number of hydrogen-bond donors (Lipinski definition) is 2. The number of fused-ring (bicyclic) bond motifs is 1. The fourth-order valence-electron chi connectivity index (χ4n) is 2.97. The molecular formula is C18H24N4O3. The summed E-state index contributed by atoms with van der Waals surface area (Å²) in [6.45, 7) is 6.79. The van der Waals surface area contributed by atoms with Crippen LogP contribution in [-0.2, 0) is 20.0 Å². The Bertz CT molecular complexity index is 785. The first-order chi connectivity index (χ1) is 12.0. The lowest BCUT2D eigenvalue weighted by atomic mass is 10.1. The van der Waals surface area contributed by atoms with Gasteiger partial charge < -0.3 is 14.8 Å². The lowest BCUT2D eigenvalue weighted by molar-refractivity contribution is 0.250. The second-order valence-corrected chi connectivity index (χ2v) is 6.24. The Hall–Kier alpha value is -2.70. The average Bonchev–Trinajstić information content (AvgIpc) is 3.05. The highest BCUT2D eigenvalue weighted by Crippen LogP contribution is 2.35. The van der Waals surface area contributed by atoms with Crippen LogP contribution in [0.2, 0.25) is 0 Å². The van der Waals surface area contributed by atoms with Crippen LogP contribution in [0.25, 0.3) is 0 Å². The van der Waals surface area contributed by atoms with Crippen LogP contribution < -0.4 is 20.1 Å². The fourth-order valence-corrected chi connectivity index (χ4v) is 2.97. The molecule has 2 amide bonds. The molecule has 0 aliphatic carbocycles. The van der Waals surface area contributed by atoms with Gasteiger partial charge in [0.1, 0.15) is 23.4 Å². The third-order valence-electron chi connectivity index (χ3n) is 4.06. The Balaban J connectivity index is 1.68. The van der Waals surface area contributed by atoms with E-state index in [1.54, 1.807) is 11.7 Å². The molecular weight excluding hydrogens is 320 g/mol. The summed E-state index contributed by atoms with van der Waals surface area (Å²) in [4.78, 5) is 12.2. The van der Waals surface area contributed by atoms with E-state index in [0.717, 1.165) is 34.7 Å². The molecule has 25 heavy (non-hydrogen) atoms. The number of ether oxygens (including phenoxy) is 2. The molecule has 0 radical (unpaired) electrons. The molecule has 2 aromatic rings. The summed E-state index contributed by atoms with van der Waals surface area (Å²) in [6.07, 6.45) is 1.05. The van der Waals surface area contributed by atoms with Gasteiger partial charge in [-0.25, -0.2) is 4.79 Å². The molecule has 134 valence electrons. The van der Waals surface area contributed by atoms with E-state index in [1.807, 2.05) is 39.0 Å². The zero-order valence-electron chi connectivity index (χ0n) is 15.0. The number of aromatic nitrogens is 2. The number of carbonyl (C=O) groups is 1. The number of benzene rings is 1. The number of carbonyl (C=O) groups excluding carboxylic acids is 1. The molecule has 1 aliphatic rings. The van der Waals surface area contributed by atoms with Gasteiger partial charge in [0.15, 0.2) is 0 Å². The lowest BCUT2D eigenvalue weighted by Gasteiger charge is -2.14. The summed E-state index contributed by atoms with van der Waals surface area (Å²) in [7, 11) is 1.79. The normalized spacial score (nSPS) is 15.4. The summed E-state index contributed by atoms with van der Waals surface area (Å²) < 4.78 is 13.2. The van der Waals surface area contributed by atoms with Crippen molar-refractivity contribution < 1.29 is 14.3 Å². The maximum Gasteiger partial charge on any atom is 0.320 e. The highest BCUT2D eigenvalue weighted by atomic mass is 16.5. The van der Waals surface area contributed by atoms with Gasteiger partial charge in [-0.1, -0.05) is 0 Å². The standard InChI is InChI=1S/C18H24N4O3/c1-5-24-15-8-13-7-12(3)25-16(13)9-14(15)10-19-18(23)20-17-6-11(2)21-22(17)4/h6,8-9,12H,5,7,10H2,1-4H3,(H2,19,20,23)/t12-/m1/s1. The van der Waals surface area contributed by atoms with Gasteiger partial charge in [0.05, 0.1) is 12.3 Å². The number of hydrogen-bond acceptors (Lipinski definition) is 4. The van der Waals surface area contributed by atoms with Gasteiger partial charge >= 0.3 is 6.03 Å². The quantitative estimate of drug-likeness (QED) is 0.874. The van der Waals surface area contributed by atoms with Gasteiger partial charge in [-0.15, -0.1) is 0 Å². The maximum absolute atomic E-state index is 12.2. The third-order valence-corrected chi connectivity index (χ3v) is 4.06. The minimum Gasteiger partial charge on any atom is -0.494 e. The molecule has 1 atom stereocenters. The Kier molecular flexibility index (Phi) is 4.83. The number of amides is 2. The second-order valence-electron chi connectivity index (χ2n) is 6.24. The monoisotopic (exact) mass is 344 g/mol. The first-order valence-electron chi connectivity index (χ1n) is 8.47. The van der Waals surface area contributed by atoms with Gasteiger partial charge in [-0.05, 0) is 32.9 Å². The van der Waals surface area contributed by atoms with Crippen LogP contribution in [0.5, 0.6) is 11.5 Å². The summed E-state index contributed by atoms with van der Waals surface area (Å²) >= 11 is 0. The predicted octanol–water partition coefficient (Wildman–Crippen LogP) is 2.77. The van der Waals surface area contributed by atoms with Crippen molar-refractivity contribution in [3.63, 3.8) is 0 Å². The molecule has 0 saturated carbocycles. The SMILES string of the molecule is CCOc1cc2c(cc1CNC(=O)Nc1cc(C)nn1C)O[C@H](C)C2. The largest absolute Gasteiger partial charge is 0.494 e. The van der Waals surface area contributed by atoms with Crippen molar-refractivity contribution in [1.29, 1.82) is 0 Å². The number of urea groups is 1. The van der Waals surface area contributed by atoms with Crippen LogP contribution in [0.4, 0.5) is 10.6 Å². The summed E-state index contributed by atoms with van der Waals surface area (Å²) in [5.41, 5.74) is 2.89. The van der Waals surface area contributed by atoms with Gasteiger partial charge in [0, 0.05) is 37.2 Å². The molecule has 1 aromatic heterocycles. The lowest BCUT2D eigenvalue weighted by Crippen LogP contribution is -2.29. The van der Waals surface area contributed by atoms with Gasteiger partial charge in [0.2, 0.25) is 0 Å². The topological polar surface area (TPSA) is 77.4 Å². The minimum absolute atomic E-state index is 0.170. The zero-order valence-corrected chi connectivity index (χ0v) is 15.0. The van der Waals surface area contributed by atoms with Crippen LogP contribution in [0.15, 0.2) is 18.2 Å². The highest BCUT2D eigenvalue weighted by Gasteiger charge is 2.22. The molecule has 2 N–H and O–H groups in total. The van der Waals surface area contributed by atoms with Crippen LogP contribution in [0.1, 0.15) is 30.7 Å². The van der Waals surface area contributed by atoms with Gasteiger partial charge in [-0.3, -0.25) is 10.00 Å². The molecule has 0 spiro atoms. The van der Waals surface area contributed by atoms with E-state index in [1.165, 1.54) is 0 Å². The molecule has 0 unspecified atom stereocenters. The Labute approximate surface area is 147 Å². The highest BCUT2D eigenvalue weighted by molar-refractivity contribution is 5.88. The van der Waals surface area contributed by atoms with E-state index in [4.69, 9.17) is 9.47 Å². The molecule has 1 aromatic carbocycles. The summed E-state index contributed by atoms with van der Waals surface area (Å²) in [5.74, 6) is 2.30. The molecule has 1 aliphatic heterocycles. The fraction of sp³-hybridized carbons (Fsp3) is 0.444. The van der Waals surface area contributed by atoms with Crippen LogP contribution in [0.3, 0.4) is 0 Å². The molecule has 7 nitrogen and oxygen atoms in total. The molecule has 7 heteroatoms. The average molecular weight is 344 g/mol. The molecule has 0 fully saturated rings. The summed E-state index contributed by atoms with van der Waals surface area (Å²) in [5, 5.41) is 9.85. The molecule has 2 heterocycles. The zero-order chi connectivity index (χ0) is 18.0. The van der Waals surface area contributed by atoms with E-state index in [0.29, 0.717) is 19.0 Å². The number of nitrogens with one attached hydrogen (secondary N) is 2. The Morgan fingerprint density at radius 1 is 1.44 bits per heavy atom. The van der Waals surface area contributed by atoms with E-state index >= 15 is 0 Å². The van der Waals surface area contributed by atoms with Crippen molar-refractivity contribution in [2.75, 3.05) is 11.9 Å². The minimum atomic E-state index is -0.291. The van der Waals surface area contributed by atoms with Crippen LogP contribution >= 0.6 is 0 Å². The van der Waals surface area contributed by atoms with Crippen LogP contribution in [0, 0.1) is 6.92 Å². The second kappa shape index (κ2) is 7.04. The van der Waals surface area contributed by atoms with Gasteiger partial charge in [-0.2, -0.15) is 5.10 Å². The van der Waals surface area contributed by atoms with Crippen molar-refractivity contribution in [2.45, 2.75) is 39.8 Å². The van der Waals surface area contributed by atoms with Crippen molar-refractivity contribution in [1.82, 2.24) is 15.1 Å². The van der Waals surface area contributed by atoms with E-state index < -0.39 is 0 Å². The first-order valence-corrected chi connectivity index (χ1v) is 8.47. The number of rotatable bonds is 5. The van der Waals surface area contributed by atoms with E-state index in [2.05, 4.69) is 15.7 Å². The van der Waals surface area contributed by atoms with Crippen molar-refractivity contribution >= 4 is 11.8 Å². The van der Waals surface area contributed by atoms with Crippen molar-refractivity contribution in [3.8, 4) is 11.5 Å². The van der Waals surface area contributed by atoms with Gasteiger partial charge in [0.25, 0.3) is 0 Å². The Morgan fingerprint density at radius 2 is 2.24 bits per heavy atom. The number of anilines is 1. The summed E-state index contributed by atoms with van der Waals surface area (Å²) in [6, 6.07) is 5.50.